The van der Waals surface area contributed by atoms with E-state index in [2.05, 4.69) is 10.3 Å². The van der Waals surface area contributed by atoms with E-state index in [1.54, 1.807) is 5.38 Å². The minimum absolute atomic E-state index is 0.0256. The normalized spacial score (nSPS) is 12.9. The zero-order valence-corrected chi connectivity index (χ0v) is 14.0. The molecule has 2 N–H and O–H groups in total. The van der Waals surface area contributed by atoms with Gasteiger partial charge < -0.3 is 19.9 Å². The molecule has 1 amide bonds. The van der Waals surface area contributed by atoms with Crippen molar-refractivity contribution in [2.75, 3.05) is 6.79 Å². The number of fused-ring (bicyclic) bond motifs is 1. The Kier molecular flexibility index (Phi) is 4.15. The number of aromatic nitrogens is 1. The second kappa shape index (κ2) is 6.12. The molecule has 2 aromatic rings. The average Bonchev–Trinajstić information content (AvgIpc) is 3.14. The number of carboxylic acids is 1. The maximum Gasteiger partial charge on any atom is 0.328 e. The number of nitrogens with one attached hydrogen (secondary N) is 1. The van der Waals surface area contributed by atoms with Gasteiger partial charge in [0.05, 0.1) is 12.1 Å². The maximum absolute atomic E-state index is 12.0. The topological polar surface area (TPSA) is 97.8 Å². The molecule has 126 valence electrons. The van der Waals surface area contributed by atoms with E-state index in [1.807, 2.05) is 18.2 Å². The number of ether oxygens (including phenoxy) is 2. The van der Waals surface area contributed by atoms with E-state index in [9.17, 15) is 9.59 Å². The van der Waals surface area contributed by atoms with Crippen LogP contribution in [-0.4, -0.2) is 34.3 Å². The van der Waals surface area contributed by atoms with E-state index in [4.69, 9.17) is 14.6 Å². The average molecular weight is 348 g/mol. The fourth-order valence-corrected chi connectivity index (χ4v) is 2.98. The van der Waals surface area contributed by atoms with Gasteiger partial charge in [-0.2, -0.15) is 0 Å². The first-order valence-electron chi connectivity index (χ1n) is 7.24. The molecular weight excluding hydrogens is 332 g/mol. The number of hydrogen-bond acceptors (Lipinski definition) is 6. The van der Waals surface area contributed by atoms with Crippen LogP contribution in [0.1, 0.15) is 19.5 Å². The number of carbonyl (C=O) groups excluding carboxylic acids is 1. The summed E-state index contributed by atoms with van der Waals surface area (Å²) in [6.45, 7) is 3.08. The first kappa shape index (κ1) is 16.3. The number of amides is 1. The van der Waals surface area contributed by atoms with Crippen LogP contribution in [0.5, 0.6) is 11.5 Å². The van der Waals surface area contributed by atoms with Gasteiger partial charge in [0.1, 0.15) is 10.5 Å². The van der Waals surface area contributed by atoms with E-state index in [0.29, 0.717) is 17.2 Å². The number of thiazole rings is 1. The molecular formula is C16H16N2O5S. The Labute approximate surface area is 142 Å². The summed E-state index contributed by atoms with van der Waals surface area (Å²) in [5, 5.41) is 14.1. The Morgan fingerprint density at radius 2 is 2.08 bits per heavy atom. The summed E-state index contributed by atoms with van der Waals surface area (Å²) in [6, 6.07) is 5.54. The van der Waals surface area contributed by atoms with Crippen LogP contribution in [0, 0.1) is 0 Å². The Balaban J connectivity index is 1.70. The lowest BCUT2D eigenvalue weighted by atomic mass is 10.1. The van der Waals surface area contributed by atoms with Gasteiger partial charge >= 0.3 is 5.97 Å². The maximum atomic E-state index is 12.0. The van der Waals surface area contributed by atoms with Crippen molar-refractivity contribution in [1.29, 1.82) is 0 Å². The molecule has 0 aliphatic carbocycles. The largest absolute Gasteiger partial charge is 0.480 e. The molecule has 0 radical (unpaired) electrons. The molecule has 1 aliphatic rings. The Bertz CT molecular complexity index is 800. The standard InChI is InChI=1S/C16H16N2O5S/c1-16(2,15(20)21)18-13(19)6-10-7-24-14(17-10)9-3-4-11-12(5-9)23-8-22-11/h3-5,7H,6,8H2,1-2H3,(H,18,19)(H,20,21). The van der Waals surface area contributed by atoms with Crippen LogP contribution in [0.25, 0.3) is 10.6 Å². The molecule has 0 saturated heterocycles. The molecule has 2 heterocycles. The van der Waals surface area contributed by atoms with E-state index >= 15 is 0 Å². The van der Waals surface area contributed by atoms with Crippen molar-refractivity contribution in [2.24, 2.45) is 0 Å². The Morgan fingerprint density at radius 1 is 1.33 bits per heavy atom. The molecule has 7 nitrogen and oxygen atoms in total. The lowest BCUT2D eigenvalue weighted by Crippen LogP contribution is -2.50. The SMILES string of the molecule is CC(C)(NC(=O)Cc1csc(-c2ccc3c(c2)OCO3)n1)C(=O)O. The third kappa shape index (κ3) is 3.33. The number of aliphatic carboxylic acids is 1. The minimum atomic E-state index is -1.31. The fourth-order valence-electron chi connectivity index (χ4n) is 2.16. The quantitative estimate of drug-likeness (QED) is 0.858. The van der Waals surface area contributed by atoms with Gasteiger partial charge in [0.25, 0.3) is 0 Å². The molecule has 0 bridgehead atoms. The van der Waals surface area contributed by atoms with E-state index in [-0.39, 0.29) is 19.1 Å². The van der Waals surface area contributed by atoms with E-state index in [0.717, 1.165) is 10.6 Å². The van der Waals surface area contributed by atoms with Crippen molar-refractivity contribution in [3.63, 3.8) is 0 Å². The van der Waals surface area contributed by atoms with Crippen molar-refractivity contribution < 1.29 is 24.2 Å². The summed E-state index contributed by atoms with van der Waals surface area (Å²) in [5.74, 6) is -0.101. The van der Waals surface area contributed by atoms with Gasteiger partial charge in [-0.25, -0.2) is 9.78 Å². The smallest absolute Gasteiger partial charge is 0.328 e. The van der Waals surface area contributed by atoms with Crippen molar-refractivity contribution in [3.05, 3.63) is 29.3 Å². The molecule has 1 aromatic heterocycles. The number of carbonyl (C=O) groups is 2. The monoisotopic (exact) mass is 348 g/mol. The molecule has 0 saturated carbocycles. The van der Waals surface area contributed by atoms with Gasteiger partial charge in [-0.15, -0.1) is 11.3 Å². The highest BCUT2D eigenvalue weighted by molar-refractivity contribution is 7.13. The number of carboxylic acid groups (broad SMARTS) is 1. The molecule has 0 fully saturated rings. The van der Waals surface area contributed by atoms with Crippen molar-refractivity contribution in [2.45, 2.75) is 25.8 Å². The lowest BCUT2D eigenvalue weighted by molar-refractivity contribution is -0.145. The molecule has 8 heteroatoms. The van der Waals surface area contributed by atoms with Crippen LogP contribution in [0.4, 0.5) is 0 Å². The summed E-state index contributed by atoms with van der Waals surface area (Å²) in [7, 11) is 0. The van der Waals surface area contributed by atoms with Crippen LogP contribution in [-0.2, 0) is 16.0 Å². The van der Waals surface area contributed by atoms with Crippen molar-refractivity contribution in [1.82, 2.24) is 10.3 Å². The van der Waals surface area contributed by atoms with Gasteiger partial charge in [0.15, 0.2) is 11.5 Å². The van der Waals surface area contributed by atoms with Crippen LogP contribution in [0.3, 0.4) is 0 Å². The fraction of sp³-hybridized carbons (Fsp3) is 0.312. The zero-order valence-electron chi connectivity index (χ0n) is 13.2. The molecule has 0 spiro atoms. The zero-order chi connectivity index (χ0) is 17.3. The van der Waals surface area contributed by atoms with Crippen LogP contribution in [0.2, 0.25) is 0 Å². The van der Waals surface area contributed by atoms with Gasteiger partial charge in [-0.3, -0.25) is 4.79 Å². The molecule has 0 atom stereocenters. The second-order valence-corrected chi connectivity index (χ2v) is 6.73. The minimum Gasteiger partial charge on any atom is -0.480 e. The van der Waals surface area contributed by atoms with E-state index in [1.165, 1.54) is 25.2 Å². The number of rotatable bonds is 5. The number of benzene rings is 1. The molecule has 1 aromatic carbocycles. The first-order chi connectivity index (χ1) is 11.3. The van der Waals surface area contributed by atoms with Gasteiger partial charge in [-0.05, 0) is 32.0 Å². The Hall–Kier alpha value is -2.61. The van der Waals surface area contributed by atoms with Crippen LogP contribution in [0.15, 0.2) is 23.6 Å². The van der Waals surface area contributed by atoms with Crippen molar-refractivity contribution >= 4 is 23.2 Å². The highest BCUT2D eigenvalue weighted by Gasteiger charge is 2.29. The van der Waals surface area contributed by atoms with Crippen LogP contribution < -0.4 is 14.8 Å². The molecule has 3 rings (SSSR count). The summed E-state index contributed by atoms with van der Waals surface area (Å²) in [5.41, 5.74) is 0.154. The molecule has 24 heavy (non-hydrogen) atoms. The summed E-state index contributed by atoms with van der Waals surface area (Å²) in [6.07, 6.45) is 0.0256. The van der Waals surface area contributed by atoms with Crippen molar-refractivity contribution in [3.8, 4) is 22.1 Å². The first-order valence-corrected chi connectivity index (χ1v) is 8.12. The highest BCUT2D eigenvalue weighted by Crippen LogP contribution is 2.36. The lowest BCUT2D eigenvalue weighted by Gasteiger charge is -2.20. The molecule has 0 unspecified atom stereocenters. The number of hydrogen-bond donors (Lipinski definition) is 2. The summed E-state index contributed by atoms with van der Waals surface area (Å²) >= 11 is 1.41. The Morgan fingerprint density at radius 3 is 2.83 bits per heavy atom. The summed E-state index contributed by atoms with van der Waals surface area (Å²) in [4.78, 5) is 27.5. The van der Waals surface area contributed by atoms with Gasteiger partial charge in [0.2, 0.25) is 12.7 Å². The predicted molar refractivity (Wildman–Crippen MR) is 87.2 cm³/mol. The van der Waals surface area contributed by atoms with E-state index < -0.39 is 11.5 Å². The van der Waals surface area contributed by atoms with Crippen LogP contribution >= 0.6 is 11.3 Å². The molecule has 1 aliphatic heterocycles. The van der Waals surface area contributed by atoms with Gasteiger partial charge in [-0.1, -0.05) is 0 Å². The predicted octanol–water partition coefficient (Wildman–Crippen LogP) is 2.06. The number of nitrogens with zero attached hydrogens (tertiary/aromatic N) is 1. The van der Waals surface area contributed by atoms with Gasteiger partial charge in [0, 0.05) is 10.9 Å². The third-order valence-electron chi connectivity index (χ3n) is 3.50. The third-order valence-corrected chi connectivity index (χ3v) is 4.44. The second-order valence-electron chi connectivity index (χ2n) is 5.87. The summed E-state index contributed by atoms with van der Waals surface area (Å²) < 4.78 is 10.6. The highest BCUT2D eigenvalue weighted by atomic mass is 32.1.